The summed E-state index contributed by atoms with van der Waals surface area (Å²) >= 11 is 7.98. The van der Waals surface area contributed by atoms with Crippen LogP contribution in [0.15, 0.2) is 17.5 Å². The van der Waals surface area contributed by atoms with Crippen LogP contribution in [0.4, 0.5) is 0 Å². The summed E-state index contributed by atoms with van der Waals surface area (Å²) < 4.78 is 2.34. The zero-order valence-corrected chi connectivity index (χ0v) is 11.8. The maximum absolute atomic E-state index is 12.1. The average molecular weight is 284 g/mol. The van der Waals surface area contributed by atoms with Gasteiger partial charge >= 0.3 is 0 Å². The van der Waals surface area contributed by atoms with Gasteiger partial charge in [-0.2, -0.15) is 0 Å². The van der Waals surface area contributed by atoms with E-state index < -0.39 is 0 Å². The summed E-state index contributed by atoms with van der Waals surface area (Å²) in [6, 6.07) is 3.99. The van der Waals surface area contributed by atoms with E-state index in [0.29, 0.717) is 18.0 Å². The summed E-state index contributed by atoms with van der Waals surface area (Å²) in [7, 11) is 1.77. The van der Waals surface area contributed by atoms with Gasteiger partial charge in [0.05, 0.1) is 9.87 Å². The van der Waals surface area contributed by atoms with Gasteiger partial charge in [0.2, 0.25) is 0 Å². The summed E-state index contributed by atoms with van der Waals surface area (Å²) in [5, 5.41) is 2.03. The lowest BCUT2D eigenvalue weighted by molar-refractivity contribution is 0.0804. The number of thiophene rings is 2. The Morgan fingerprint density at radius 2 is 2.29 bits per heavy atom. The molecule has 0 unspecified atom stereocenters. The van der Waals surface area contributed by atoms with E-state index in [4.69, 9.17) is 18.0 Å². The summed E-state index contributed by atoms with van der Waals surface area (Å²) in [6.45, 7) is 0.569. The second-order valence-electron chi connectivity index (χ2n) is 3.70. The number of nitrogens with two attached hydrogens (primary N) is 1. The molecule has 1 amide bonds. The Morgan fingerprint density at radius 1 is 1.53 bits per heavy atom. The quantitative estimate of drug-likeness (QED) is 0.878. The molecule has 0 fully saturated rings. The molecular weight excluding hydrogens is 272 g/mol. The fourth-order valence-corrected chi connectivity index (χ4v) is 3.63. The molecule has 2 aromatic heterocycles. The molecule has 6 heteroatoms. The fourth-order valence-electron chi connectivity index (χ4n) is 1.44. The maximum atomic E-state index is 12.1. The van der Waals surface area contributed by atoms with Crippen molar-refractivity contribution in [2.24, 2.45) is 5.73 Å². The largest absolute Gasteiger partial charge is 0.393 e. The van der Waals surface area contributed by atoms with Crippen molar-refractivity contribution in [3.63, 3.8) is 0 Å². The van der Waals surface area contributed by atoms with E-state index in [1.54, 1.807) is 23.3 Å². The van der Waals surface area contributed by atoms with E-state index >= 15 is 0 Å². The van der Waals surface area contributed by atoms with E-state index in [1.165, 1.54) is 20.7 Å². The number of hydrogen-bond donors (Lipinski definition) is 1. The molecule has 0 saturated carbocycles. The van der Waals surface area contributed by atoms with E-state index in [2.05, 4.69) is 0 Å². The van der Waals surface area contributed by atoms with Gasteiger partial charge in [0, 0.05) is 29.4 Å². The Balaban J connectivity index is 2.09. The second-order valence-corrected chi connectivity index (χ2v) is 6.26. The highest BCUT2D eigenvalue weighted by atomic mass is 32.1. The number of fused-ring (bicyclic) bond motifs is 1. The lowest BCUT2D eigenvalue weighted by atomic mass is 10.3. The molecule has 0 aliphatic heterocycles. The van der Waals surface area contributed by atoms with Crippen molar-refractivity contribution in [3.05, 3.63) is 22.4 Å². The van der Waals surface area contributed by atoms with Gasteiger partial charge in [0.1, 0.15) is 0 Å². The molecule has 0 bridgehead atoms. The van der Waals surface area contributed by atoms with Gasteiger partial charge in [0.25, 0.3) is 5.91 Å². The minimum Gasteiger partial charge on any atom is -0.393 e. The Kier molecular flexibility index (Phi) is 3.76. The van der Waals surface area contributed by atoms with Crippen molar-refractivity contribution in [1.29, 1.82) is 0 Å². The lowest BCUT2D eigenvalue weighted by Gasteiger charge is -2.15. The Hall–Kier alpha value is -0.980. The fraction of sp³-hybridized carbons (Fsp3) is 0.273. The van der Waals surface area contributed by atoms with Crippen LogP contribution in [0.5, 0.6) is 0 Å². The Morgan fingerprint density at radius 3 is 2.94 bits per heavy atom. The molecule has 0 aliphatic carbocycles. The van der Waals surface area contributed by atoms with E-state index in [9.17, 15) is 4.79 Å². The molecule has 3 nitrogen and oxygen atoms in total. The highest BCUT2D eigenvalue weighted by Gasteiger charge is 2.15. The number of carbonyl (C=O) groups is 1. The normalized spacial score (nSPS) is 10.6. The molecule has 2 aromatic rings. The van der Waals surface area contributed by atoms with E-state index in [-0.39, 0.29) is 5.91 Å². The third kappa shape index (κ3) is 2.83. The van der Waals surface area contributed by atoms with Gasteiger partial charge in [-0.3, -0.25) is 4.79 Å². The standard InChI is InChI=1S/C11H12N2OS3/c1-13(4-2-10(12)15)11(14)9-6-8-7(17-9)3-5-16-8/h3,5-6H,2,4H2,1H3,(H2,12,15). The molecule has 0 saturated heterocycles. The highest BCUT2D eigenvalue weighted by Crippen LogP contribution is 2.30. The molecule has 2 N–H and O–H groups in total. The van der Waals surface area contributed by atoms with Crippen LogP contribution >= 0.6 is 34.9 Å². The van der Waals surface area contributed by atoms with Crippen LogP contribution in [0.3, 0.4) is 0 Å². The zero-order valence-electron chi connectivity index (χ0n) is 9.30. The van der Waals surface area contributed by atoms with Crippen molar-refractivity contribution in [1.82, 2.24) is 4.90 Å². The first kappa shape index (κ1) is 12.5. The van der Waals surface area contributed by atoms with Gasteiger partial charge in [-0.1, -0.05) is 12.2 Å². The van der Waals surface area contributed by atoms with Crippen molar-refractivity contribution < 1.29 is 4.79 Å². The predicted molar refractivity (Wildman–Crippen MR) is 78.1 cm³/mol. The number of hydrogen-bond acceptors (Lipinski definition) is 4. The van der Waals surface area contributed by atoms with Crippen LogP contribution < -0.4 is 5.73 Å². The summed E-state index contributed by atoms with van der Waals surface area (Å²) in [5.74, 6) is 0.0367. The maximum Gasteiger partial charge on any atom is 0.263 e. The third-order valence-corrected chi connectivity index (χ3v) is 4.68. The SMILES string of the molecule is CN(CCC(N)=S)C(=O)c1cc2sccc2s1. The Labute approximate surface area is 113 Å². The molecule has 0 atom stereocenters. The summed E-state index contributed by atoms with van der Waals surface area (Å²) in [6.07, 6.45) is 0.567. The van der Waals surface area contributed by atoms with Crippen molar-refractivity contribution in [2.45, 2.75) is 6.42 Å². The summed E-state index contributed by atoms with van der Waals surface area (Å²) in [5.41, 5.74) is 5.42. The second kappa shape index (κ2) is 5.12. The molecule has 2 rings (SSSR count). The van der Waals surface area contributed by atoms with Crippen molar-refractivity contribution in [2.75, 3.05) is 13.6 Å². The minimum absolute atomic E-state index is 0.0367. The van der Waals surface area contributed by atoms with E-state index in [0.717, 1.165) is 4.88 Å². The topological polar surface area (TPSA) is 46.3 Å². The van der Waals surface area contributed by atoms with Gasteiger partial charge in [-0.05, 0) is 17.5 Å². The number of carbonyl (C=O) groups excluding carboxylic acids is 1. The minimum atomic E-state index is 0.0367. The smallest absolute Gasteiger partial charge is 0.263 e. The molecule has 17 heavy (non-hydrogen) atoms. The molecule has 90 valence electrons. The Bertz CT molecular complexity index is 529. The predicted octanol–water partition coefficient (Wildman–Crippen LogP) is 2.71. The van der Waals surface area contributed by atoms with Crippen LogP contribution in [-0.2, 0) is 0 Å². The number of nitrogens with zero attached hydrogens (tertiary/aromatic N) is 1. The number of thiocarbonyl (C=S) groups is 1. The summed E-state index contributed by atoms with van der Waals surface area (Å²) in [4.78, 5) is 15.0. The van der Waals surface area contributed by atoms with Crippen LogP contribution in [-0.4, -0.2) is 29.4 Å². The van der Waals surface area contributed by atoms with Crippen LogP contribution in [0.1, 0.15) is 16.1 Å². The van der Waals surface area contributed by atoms with Crippen LogP contribution in [0, 0.1) is 0 Å². The van der Waals surface area contributed by atoms with Gasteiger partial charge in [-0.25, -0.2) is 0 Å². The molecule has 0 spiro atoms. The van der Waals surface area contributed by atoms with Gasteiger partial charge in [0.15, 0.2) is 0 Å². The first-order valence-electron chi connectivity index (χ1n) is 5.08. The zero-order chi connectivity index (χ0) is 12.4. The van der Waals surface area contributed by atoms with Crippen LogP contribution in [0.2, 0.25) is 0 Å². The van der Waals surface area contributed by atoms with E-state index in [1.807, 2.05) is 17.5 Å². The van der Waals surface area contributed by atoms with Gasteiger partial charge in [-0.15, -0.1) is 22.7 Å². The highest BCUT2D eigenvalue weighted by molar-refractivity contribution is 7.80. The molecule has 0 radical (unpaired) electrons. The van der Waals surface area contributed by atoms with Crippen molar-refractivity contribution in [3.8, 4) is 0 Å². The van der Waals surface area contributed by atoms with Crippen LogP contribution in [0.25, 0.3) is 9.40 Å². The third-order valence-electron chi connectivity index (χ3n) is 2.39. The molecular formula is C11H12N2OS3. The first-order valence-corrected chi connectivity index (χ1v) is 7.19. The van der Waals surface area contributed by atoms with Gasteiger partial charge < -0.3 is 10.6 Å². The number of rotatable bonds is 4. The monoisotopic (exact) mass is 284 g/mol. The average Bonchev–Trinajstić information content (AvgIpc) is 2.84. The number of amides is 1. The molecule has 0 aromatic carbocycles. The molecule has 0 aliphatic rings. The first-order chi connectivity index (χ1) is 8.08. The lowest BCUT2D eigenvalue weighted by Crippen LogP contribution is -2.29. The molecule has 2 heterocycles. The van der Waals surface area contributed by atoms with Crippen molar-refractivity contribution >= 4 is 55.2 Å².